The maximum atomic E-state index is 11.9. The molecule has 4 aromatic rings. The third kappa shape index (κ3) is 4.25. The number of nitrogens with zero attached hydrogens (tertiary/aromatic N) is 4. The molecular formula is C17H12N6O3S. The second kappa shape index (κ2) is 7.62. The zero-order valence-electron chi connectivity index (χ0n) is 13.7. The first kappa shape index (κ1) is 16.7. The fourth-order valence-electron chi connectivity index (χ4n) is 2.11. The average molecular weight is 380 g/mol. The fraction of sp³-hybridized carbons (Fsp3) is 0. The van der Waals surface area contributed by atoms with Crippen molar-refractivity contribution in [2.75, 3.05) is 10.6 Å². The van der Waals surface area contributed by atoms with E-state index in [1.807, 2.05) is 18.2 Å². The van der Waals surface area contributed by atoms with Gasteiger partial charge in [0, 0.05) is 29.4 Å². The highest BCUT2D eigenvalue weighted by Gasteiger charge is 2.10. The van der Waals surface area contributed by atoms with Gasteiger partial charge >= 0.3 is 6.03 Å². The Hall–Kier alpha value is -3.79. The van der Waals surface area contributed by atoms with E-state index in [2.05, 4.69) is 30.1 Å². The molecule has 27 heavy (non-hydrogen) atoms. The Morgan fingerprint density at radius 1 is 1.04 bits per heavy atom. The normalized spacial score (nSPS) is 10.4. The number of anilines is 2. The Morgan fingerprint density at radius 3 is 2.59 bits per heavy atom. The summed E-state index contributed by atoms with van der Waals surface area (Å²) in [6.45, 7) is 0. The van der Waals surface area contributed by atoms with E-state index in [1.54, 1.807) is 24.3 Å². The number of para-hydroxylation sites is 1. The van der Waals surface area contributed by atoms with Crippen molar-refractivity contribution in [1.29, 1.82) is 0 Å². The predicted octanol–water partition coefficient (Wildman–Crippen LogP) is 4.02. The van der Waals surface area contributed by atoms with Gasteiger partial charge < -0.3 is 14.6 Å². The van der Waals surface area contributed by atoms with Crippen molar-refractivity contribution in [1.82, 2.24) is 19.5 Å². The van der Waals surface area contributed by atoms with Crippen LogP contribution in [0.3, 0.4) is 0 Å². The first-order valence-electron chi connectivity index (χ1n) is 7.77. The minimum absolute atomic E-state index is 0.156. The van der Waals surface area contributed by atoms with Crippen LogP contribution in [0, 0.1) is 0 Å². The molecule has 1 aromatic carbocycles. The highest BCUT2D eigenvalue weighted by molar-refractivity contribution is 7.08. The van der Waals surface area contributed by atoms with E-state index in [1.165, 1.54) is 30.2 Å². The van der Waals surface area contributed by atoms with Crippen LogP contribution in [0.4, 0.5) is 16.4 Å². The van der Waals surface area contributed by atoms with Crippen LogP contribution in [-0.2, 0) is 0 Å². The van der Waals surface area contributed by atoms with Gasteiger partial charge in [0.05, 0.1) is 12.4 Å². The largest absolute Gasteiger partial charge is 0.442 e. The van der Waals surface area contributed by atoms with Gasteiger partial charge in [-0.3, -0.25) is 5.32 Å². The van der Waals surface area contributed by atoms with E-state index in [9.17, 15) is 4.79 Å². The van der Waals surface area contributed by atoms with E-state index in [-0.39, 0.29) is 5.95 Å². The van der Waals surface area contributed by atoms with Crippen LogP contribution < -0.4 is 15.4 Å². The van der Waals surface area contributed by atoms with Crippen LogP contribution in [0.5, 0.6) is 10.8 Å². The lowest BCUT2D eigenvalue weighted by Gasteiger charge is -2.06. The van der Waals surface area contributed by atoms with Crippen LogP contribution in [0.15, 0.2) is 65.6 Å². The van der Waals surface area contributed by atoms with Gasteiger partial charge in [-0.2, -0.15) is 4.37 Å². The lowest BCUT2D eigenvalue weighted by molar-refractivity contribution is 0.262. The summed E-state index contributed by atoms with van der Waals surface area (Å²) in [6, 6.07) is 12.1. The third-order valence-electron chi connectivity index (χ3n) is 3.29. The molecule has 2 N–H and O–H groups in total. The minimum atomic E-state index is -0.436. The van der Waals surface area contributed by atoms with E-state index in [0.717, 1.165) is 0 Å². The Kier molecular flexibility index (Phi) is 4.70. The number of ether oxygens (including phenoxy) is 1. The molecule has 0 aliphatic heterocycles. The van der Waals surface area contributed by atoms with Gasteiger partial charge in [0.15, 0.2) is 5.75 Å². The molecule has 2 amide bonds. The van der Waals surface area contributed by atoms with E-state index in [0.29, 0.717) is 27.9 Å². The Balaban J connectivity index is 1.35. The lowest BCUT2D eigenvalue weighted by Crippen LogP contribution is -2.20. The van der Waals surface area contributed by atoms with Crippen LogP contribution in [-0.4, -0.2) is 25.5 Å². The Labute approximate surface area is 157 Å². The summed E-state index contributed by atoms with van der Waals surface area (Å²) in [5.74, 6) is 0.572. The van der Waals surface area contributed by atoms with Gasteiger partial charge in [-0.05, 0) is 12.1 Å². The predicted molar refractivity (Wildman–Crippen MR) is 98.8 cm³/mol. The molecule has 0 spiro atoms. The second-order valence-electron chi connectivity index (χ2n) is 5.21. The minimum Gasteiger partial charge on any atom is -0.442 e. The summed E-state index contributed by atoms with van der Waals surface area (Å²) in [5, 5.41) is 9.60. The number of hydrogen-bond acceptors (Lipinski definition) is 8. The Morgan fingerprint density at radius 2 is 1.85 bits per heavy atom. The number of benzene rings is 1. The zero-order chi connectivity index (χ0) is 18.5. The average Bonchev–Trinajstić information content (AvgIpc) is 3.36. The second-order valence-corrected chi connectivity index (χ2v) is 5.97. The molecule has 0 aliphatic rings. The molecule has 134 valence electrons. The number of urea groups is 1. The van der Waals surface area contributed by atoms with Crippen molar-refractivity contribution < 1.29 is 14.1 Å². The first-order chi connectivity index (χ1) is 13.3. The number of amides is 2. The van der Waals surface area contributed by atoms with Crippen LogP contribution in [0.2, 0.25) is 0 Å². The van der Waals surface area contributed by atoms with Crippen molar-refractivity contribution in [3.8, 4) is 22.2 Å². The molecule has 0 bridgehead atoms. The van der Waals surface area contributed by atoms with Crippen LogP contribution in [0.25, 0.3) is 11.4 Å². The number of carbonyl (C=O) groups is 1. The monoisotopic (exact) mass is 380 g/mol. The van der Waals surface area contributed by atoms with Gasteiger partial charge in [-0.15, -0.1) is 0 Å². The molecule has 9 nitrogen and oxygen atoms in total. The molecule has 10 heteroatoms. The van der Waals surface area contributed by atoms with Crippen molar-refractivity contribution in [3.63, 3.8) is 0 Å². The number of nitrogens with one attached hydrogen (secondary N) is 2. The van der Waals surface area contributed by atoms with Gasteiger partial charge in [0.25, 0.3) is 0 Å². The first-order valence-corrected chi connectivity index (χ1v) is 8.54. The van der Waals surface area contributed by atoms with E-state index >= 15 is 0 Å². The fourth-order valence-corrected chi connectivity index (χ4v) is 2.74. The number of rotatable bonds is 5. The zero-order valence-corrected chi connectivity index (χ0v) is 14.5. The van der Waals surface area contributed by atoms with Gasteiger partial charge in [-0.1, -0.05) is 23.4 Å². The Bertz CT molecular complexity index is 1020. The summed E-state index contributed by atoms with van der Waals surface area (Å²) in [6.07, 6.45) is 4.39. The van der Waals surface area contributed by atoms with Crippen LogP contribution >= 0.6 is 11.5 Å². The lowest BCUT2D eigenvalue weighted by atomic mass is 10.3. The molecule has 0 atom stereocenters. The number of carbonyl (C=O) groups excluding carboxylic acids is 1. The summed E-state index contributed by atoms with van der Waals surface area (Å²) in [7, 11) is 0. The van der Waals surface area contributed by atoms with Gasteiger partial charge in [-0.25, -0.2) is 14.8 Å². The SMILES string of the molecule is O=C(Nc1ccccc1)Nc1ncc(Oc2cc(-c3ccon3)ns2)cn1. The smallest absolute Gasteiger partial charge is 0.326 e. The standard InChI is InChI=1S/C17H12N6O3S/c24-17(20-11-4-2-1-3-5-11)21-16-18-9-12(10-19-16)26-15-8-14(23-27-15)13-6-7-25-22-13/h1-10H,(H2,18,19,20,21,24). The summed E-state index contributed by atoms with van der Waals surface area (Å²) in [4.78, 5) is 20.0. The maximum absolute atomic E-state index is 11.9. The van der Waals surface area contributed by atoms with Crippen molar-refractivity contribution in [2.45, 2.75) is 0 Å². The summed E-state index contributed by atoms with van der Waals surface area (Å²) >= 11 is 1.17. The summed E-state index contributed by atoms with van der Waals surface area (Å²) in [5.41, 5.74) is 1.95. The quantitative estimate of drug-likeness (QED) is 0.537. The highest BCUT2D eigenvalue weighted by Crippen LogP contribution is 2.29. The third-order valence-corrected chi connectivity index (χ3v) is 3.96. The van der Waals surface area contributed by atoms with Crippen molar-refractivity contribution >= 4 is 29.2 Å². The van der Waals surface area contributed by atoms with Gasteiger partial charge in [0.2, 0.25) is 11.0 Å². The molecule has 0 fully saturated rings. The molecule has 0 aliphatic carbocycles. The molecular weight excluding hydrogens is 368 g/mol. The van der Waals surface area contributed by atoms with Crippen LogP contribution in [0.1, 0.15) is 0 Å². The molecule has 3 heterocycles. The topological polar surface area (TPSA) is 115 Å². The van der Waals surface area contributed by atoms with E-state index < -0.39 is 6.03 Å². The molecule has 0 radical (unpaired) electrons. The molecule has 4 rings (SSSR count). The molecule has 0 saturated heterocycles. The summed E-state index contributed by atoms with van der Waals surface area (Å²) < 4.78 is 14.7. The van der Waals surface area contributed by atoms with Gasteiger partial charge in [0.1, 0.15) is 17.7 Å². The molecule has 3 aromatic heterocycles. The number of hydrogen-bond donors (Lipinski definition) is 2. The molecule has 0 unspecified atom stereocenters. The maximum Gasteiger partial charge on any atom is 0.326 e. The number of aromatic nitrogens is 4. The van der Waals surface area contributed by atoms with Crippen molar-refractivity contribution in [2.24, 2.45) is 0 Å². The van der Waals surface area contributed by atoms with E-state index in [4.69, 9.17) is 9.26 Å². The molecule has 0 saturated carbocycles. The van der Waals surface area contributed by atoms with Crippen molar-refractivity contribution in [3.05, 3.63) is 61.1 Å². The highest BCUT2D eigenvalue weighted by atomic mass is 32.1.